The van der Waals surface area contributed by atoms with E-state index in [4.69, 9.17) is 0 Å². The number of fused-ring (bicyclic) bond motifs is 1. The van der Waals surface area contributed by atoms with Crippen LogP contribution in [0.3, 0.4) is 0 Å². The summed E-state index contributed by atoms with van der Waals surface area (Å²) in [5.41, 5.74) is 5.39. The Labute approximate surface area is 172 Å². The number of thiophene rings is 1. The van der Waals surface area contributed by atoms with Crippen molar-refractivity contribution in [2.75, 3.05) is 5.32 Å². The maximum Gasteiger partial charge on any atom is 0.223 e. The van der Waals surface area contributed by atoms with Crippen LogP contribution >= 0.6 is 11.3 Å². The molecule has 29 heavy (non-hydrogen) atoms. The van der Waals surface area contributed by atoms with E-state index in [1.165, 1.54) is 11.3 Å². The highest BCUT2D eigenvalue weighted by molar-refractivity contribution is 7.17. The van der Waals surface area contributed by atoms with Crippen LogP contribution in [0.25, 0.3) is 10.2 Å². The van der Waals surface area contributed by atoms with Crippen LogP contribution < -0.4 is 10.6 Å². The van der Waals surface area contributed by atoms with Gasteiger partial charge in [0.25, 0.3) is 0 Å². The maximum atomic E-state index is 10.8. The summed E-state index contributed by atoms with van der Waals surface area (Å²) in [5, 5.41) is 19.1. The number of aliphatic hydroxyl groups is 1. The van der Waals surface area contributed by atoms with Gasteiger partial charge in [0.15, 0.2) is 0 Å². The predicted octanol–water partition coefficient (Wildman–Crippen LogP) is 3.49. The molecule has 0 aromatic carbocycles. The molecule has 8 heteroatoms. The molecule has 0 bridgehead atoms. The van der Waals surface area contributed by atoms with E-state index >= 15 is 0 Å². The van der Waals surface area contributed by atoms with Gasteiger partial charge < -0.3 is 10.4 Å². The highest BCUT2D eigenvalue weighted by Gasteiger charge is 2.17. The van der Waals surface area contributed by atoms with Gasteiger partial charge in [0.05, 0.1) is 10.2 Å². The summed E-state index contributed by atoms with van der Waals surface area (Å²) in [5.74, 6) is 0.479. The van der Waals surface area contributed by atoms with Crippen molar-refractivity contribution in [3.8, 4) is 0 Å². The zero-order chi connectivity index (χ0) is 20.2. The molecule has 4 rings (SSSR count). The minimum atomic E-state index is -0.917. The zero-order valence-electron chi connectivity index (χ0n) is 16.3. The fourth-order valence-electron chi connectivity index (χ4n) is 3.04. The third-order valence-corrected chi connectivity index (χ3v) is 5.67. The summed E-state index contributed by atoms with van der Waals surface area (Å²) in [7, 11) is 0. The summed E-state index contributed by atoms with van der Waals surface area (Å²) >= 11 is 1.52. The first-order valence-corrected chi connectivity index (χ1v) is 10.2. The van der Waals surface area contributed by atoms with E-state index < -0.39 is 6.23 Å². The second-order valence-electron chi connectivity index (χ2n) is 6.70. The summed E-state index contributed by atoms with van der Waals surface area (Å²) in [6, 6.07) is 9.75. The van der Waals surface area contributed by atoms with Crippen molar-refractivity contribution in [2.45, 2.75) is 33.2 Å². The van der Waals surface area contributed by atoms with E-state index in [0.29, 0.717) is 24.7 Å². The van der Waals surface area contributed by atoms with Crippen molar-refractivity contribution in [3.63, 3.8) is 0 Å². The van der Waals surface area contributed by atoms with Crippen molar-refractivity contribution in [1.82, 2.24) is 25.3 Å². The van der Waals surface area contributed by atoms with Crippen LogP contribution in [0.4, 0.5) is 5.95 Å². The quantitative estimate of drug-likeness (QED) is 0.404. The molecule has 0 saturated heterocycles. The number of aryl methyl sites for hydroxylation is 2. The Morgan fingerprint density at radius 3 is 2.34 bits per heavy atom. The number of aliphatic hydroxyl groups excluding tert-OH is 1. The van der Waals surface area contributed by atoms with Crippen LogP contribution in [0.1, 0.15) is 34.4 Å². The summed E-state index contributed by atoms with van der Waals surface area (Å²) in [4.78, 5) is 17.8. The Bertz CT molecular complexity index is 1130. The SMILES string of the molecule is Cc1ncccc1CNc1nc(C(O)NCc2cccnc2C)c2sccc2n1. The summed E-state index contributed by atoms with van der Waals surface area (Å²) in [6.07, 6.45) is 2.62. The minimum absolute atomic E-state index is 0.479. The Morgan fingerprint density at radius 1 is 0.966 bits per heavy atom. The van der Waals surface area contributed by atoms with Gasteiger partial charge in [0, 0.05) is 36.9 Å². The number of aromatic nitrogens is 4. The van der Waals surface area contributed by atoms with Gasteiger partial charge in [0.1, 0.15) is 11.9 Å². The molecule has 0 amide bonds. The molecule has 0 aliphatic rings. The average molecular weight is 407 g/mol. The van der Waals surface area contributed by atoms with E-state index in [1.54, 1.807) is 12.4 Å². The van der Waals surface area contributed by atoms with E-state index in [-0.39, 0.29) is 0 Å². The van der Waals surface area contributed by atoms with Crippen LogP contribution in [0.2, 0.25) is 0 Å². The molecule has 7 nitrogen and oxygen atoms in total. The average Bonchev–Trinajstić information content (AvgIpc) is 3.20. The van der Waals surface area contributed by atoms with Crippen molar-refractivity contribution < 1.29 is 5.11 Å². The molecule has 1 atom stereocenters. The second-order valence-corrected chi connectivity index (χ2v) is 7.62. The van der Waals surface area contributed by atoms with Gasteiger partial charge in [0.2, 0.25) is 5.95 Å². The predicted molar refractivity (Wildman–Crippen MR) is 114 cm³/mol. The number of hydrogen-bond acceptors (Lipinski definition) is 8. The monoisotopic (exact) mass is 406 g/mol. The van der Waals surface area contributed by atoms with Crippen LogP contribution in [0.5, 0.6) is 0 Å². The lowest BCUT2D eigenvalue weighted by Gasteiger charge is -2.15. The molecule has 0 aliphatic carbocycles. The topological polar surface area (TPSA) is 95.9 Å². The van der Waals surface area contributed by atoms with Gasteiger partial charge in [-0.3, -0.25) is 15.3 Å². The first kappa shape index (κ1) is 19.4. The van der Waals surface area contributed by atoms with Crippen molar-refractivity contribution in [2.24, 2.45) is 0 Å². The molecule has 3 N–H and O–H groups in total. The first-order valence-electron chi connectivity index (χ1n) is 9.33. The van der Waals surface area contributed by atoms with Crippen LogP contribution in [0.15, 0.2) is 48.1 Å². The Kier molecular flexibility index (Phi) is 5.75. The molecular formula is C21H22N6OS. The van der Waals surface area contributed by atoms with E-state index in [9.17, 15) is 5.11 Å². The van der Waals surface area contributed by atoms with Crippen LogP contribution in [-0.4, -0.2) is 25.0 Å². The normalized spacial score (nSPS) is 12.2. The molecule has 0 aliphatic heterocycles. The van der Waals surface area contributed by atoms with E-state index in [0.717, 1.165) is 32.7 Å². The van der Waals surface area contributed by atoms with Gasteiger partial charge in [-0.05, 0) is 48.6 Å². The van der Waals surface area contributed by atoms with Gasteiger partial charge in [-0.25, -0.2) is 9.97 Å². The lowest BCUT2D eigenvalue weighted by Crippen LogP contribution is -2.22. The number of pyridine rings is 2. The summed E-state index contributed by atoms with van der Waals surface area (Å²) in [6.45, 7) is 4.98. The Balaban J connectivity index is 1.54. The largest absolute Gasteiger partial charge is 0.373 e. The zero-order valence-corrected chi connectivity index (χ0v) is 17.1. The Morgan fingerprint density at radius 2 is 1.66 bits per heavy atom. The van der Waals surface area contributed by atoms with E-state index in [1.807, 2.05) is 49.6 Å². The molecule has 4 aromatic rings. The lowest BCUT2D eigenvalue weighted by molar-refractivity contribution is 0.134. The van der Waals surface area contributed by atoms with E-state index in [2.05, 4.69) is 30.6 Å². The molecule has 0 saturated carbocycles. The van der Waals surface area contributed by atoms with Crippen molar-refractivity contribution in [3.05, 3.63) is 76.3 Å². The standard InChI is InChI=1S/C21H22N6OS/c1-13-15(5-3-8-22-13)11-24-20(28)18-19-17(7-10-29-19)26-21(27-18)25-12-16-6-4-9-23-14(16)2/h3-10,20,24,28H,11-12H2,1-2H3,(H,25,26,27). The van der Waals surface area contributed by atoms with Crippen molar-refractivity contribution in [1.29, 1.82) is 0 Å². The molecular weight excluding hydrogens is 384 g/mol. The molecule has 4 aromatic heterocycles. The smallest absolute Gasteiger partial charge is 0.223 e. The minimum Gasteiger partial charge on any atom is -0.373 e. The van der Waals surface area contributed by atoms with Crippen LogP contribution in [0, 0.1) is 13.8 Å². The maximum absolute atomic E-state index is 10.8. The molecule has 4 heterocycles. The molecule has 1 unspecified atom stereocenters. The van der Waals surface area contributed by atoms with Gasteiger partial charge in [-0.2, -0.15) is 0 Å². The third kappa shape index (κ3) is 4.40. The highest BCUT2D eigenvalue weighted by atomic mass is 32.1. The lowest BCUT2D eigenvalue weighted by atomic mass is 10.2. The number of nitrogens with one attached hydrogen (secondary N) is 2. The molecule has 0 spiro atoms. The van der Waals surface area contributed by atoms with Gasteiger partial charge in [-0.1, -0.05) is 12.1 Å². The Hall–Kier alpha value is -2.94. The number of nitrogens with zero attached hydrogens (tertiary/aromatic N) is 4. The highest BCUT2D eigenvalue weighted by Crippen LogP contribution is 2.27. The number of hydrogen-bond donors (Lipinski definition) is 3. The summed E-state index contributed by atoms with van der Waals surface area (Å²) < 4.78 is 0.871. The van der Waals surface area contributed by atoms with Gasteiger partial charge in [-0.15, -0.1) is 11.3 Å². The fourth-order valence-corrected chi connectivity index (χ4v) is 3.88. The fraction of sp³-hybridized carbons (Fsp3) is 0.238. The van der Waals surface area contributed by atoms with Crippen LogP contribution in [-0.2, 0) is 13.1 Å². The number of rotatable bonds is 7. The third-order valence-electron chi connectivity index (χ3n) is 4.74. The van der Waals surface area contributed by atoms with Crippen molar-refractivity contribution >= 4 is 27.5 Å². The van der Waals surface area contributed by atoms with Gasteiger partial charge >= 0.3 is 0 Å². The number of anilines is 1. The second kappa shape index (κ2) is 8.60. The molecule has 0 radical (unpaired) electrons. The molecule has 0 fully saturated rings. The molecule has 148 valence electrons. The first-order chi connectivity index (χ1) is 14.1.